The highest BCUT2D eigenvalue weighted by Crippen LogP contribution is 2.26. The number of aromatic nitrogens is 1. The highest BCUT2D eigenvalue weighted by atomic mass is 35.5. The molecule has 1 aromatic heterocycles. The van der Waals surface area contributed by atoms with Crippen molar-refractivity contribution >= 4 is 23.8 Å². The van der Waals surface area contributed by atoms with Crippen molar-refractivity contribution in [2.75, 3.05) is 7.11 Å². The molecule has 0 bridgehead atoms. The lowest BCUT2D eigenvalue weighted by Crippen LogP contribution is -2.07. The molecule has 0 spiro atoms. The van der Waals surface area contributed by atoms with Crippen molar-refractivity contribution in [1.29, 1.82) is 0 Å². The highest BCUT2D eigenvalue weighted by molar-refractivity contribution is 6.33. The SMILES string of the molecule is COC(=O)c1cc(Cl)c(/C=N\N)nc1-c1ccccc1. The van der Waals surface area contributed by atoms with Gasteiger partial charge in [-0.15, -0.1) is 0 Å². The van der Waals surface area contributed by atoms with Gasteiger partial charge in [0.05, 0.1) is 29.6 Å². The number of carbonyl (C=O) groups excluding carboxylic acids is 1. The first-order valence-corrected chi connectivity index (χ1v) is 6.12. The molecule has 0 aliphatic heterocycles. The summed E-state index contributed by atoms with van der Waals surface area (Å²) < 4.78 is 4.76. The minimum Gasteiger partial charge on any atom is -0.465 e. The number of hydrazone groups is 1. The number of nitrogens with two attached hydrogens (primary N) is 1. The zero-order valence-electron chi connectivity index (χ0n) is 10.7. The summed E-state index contributed by atoms with van der Waals surface area (Å²) in [5, 5.41) is 3.69. The smallest absolute Gasteiger partial charge is 0.340 e. The Morgan fingerprint density at radius 3 is 2.70 bits per heavy atom. The van der Waals surface area contributed by atoms with Gasteiger partial charge >= 0.3 is 5.97 Å². The van der Waals surface area contributed by atoms with E-state index in [1.165, 1.54) is 19.4 Å². The molecule has 2 rings (SSSR count). The number of benzene rings is 1. The van der Waals surface area contributed by atoms with E-state index in [2.05, 4.69) is 10.1 Å². The average molecular weight is 290 g/mol. The van der Waals surface area contributed by atoms with E-state index in [1.54, 1.807) is 0 Å². The summed E-state index contributed by atoms with van der Waals surface area (Å²) in [4.78, 5) is 16.2. The molecule has 2 N–H and O–H groups in total. The summed E-state index contributed by atoms with van der Waals surface area (Å²) >= 11 is 6.05. The van der Waals surface area contributed by atoms with E-state index in [-0.39, 0.29) is 10.6 Å². The van der Waals surface area contributed by atoms with Crippen molar-refractivity contribution in [3.8, 4) is 11.3 Å². The molecule has 5 nitrogen and oxygen atoms in total. The average Bonchev–Trinajstić information content (AvgIpc) is 2.49. The van der Waals surface area contributed by atoms with Crippen LogP contribution in [0.25, 0.3) is 11.3 Å². The number of carbonyl (C=O) groups is 1. The number of hydrogen-bond donors (Lipinski definition) is 1. The van der Waals surface area contributed by atoms with Gasteiger partial charge in [-0.2, -0.15) is 5.10 Å². The molecule has 0 aliphatic rings. The fourth-order valence-corrected chi connectivity index (χ4v) is 1.95. The quantitative estimate of drug-likeness (QED) is 0.407. The van der Waals surface area contributed by atoms with Crippen molar-refractivity contribution in [3.63, 3.8) is 0 Å². The first-order valence-electron chi connectivity index (χ1n) is 5.75. The van der Waals surface area contributed by atoms with Crippen molar-refractivity contribution < 1.29 is 9.53 Å². The van der Waals surface area contributed by atoms with Crippen LogP contribution in [0.2, 0.25) is 5.02 Å². The molecule has 2 aromatic rings. The number of methoxy groups -OCH3 is 1. The molecular weight excluding hydrogens is 278 g/mol. The van der Waals surface area contributed by atoms with Gasteiger partial charge in [0, 0.05) is 5.56 Å². The molecule has 6 heteroatoms. The number of hydrogen-bond acceptors (Lipinski definition) is 5. The van der Waals surface area contributed by atoms with Crippen LogP contribution >= 0.6 is 11.6 Å². The van der Waals surface area contributed by atoms with Gasteiger partial charge in [0.1, 0.15) is 5.69 Å². The largest absolute Gasteiger partial charge is 0.465 e. The third-order valence-electron chi connectivity index (χ3n) is 2.65. The molecule has 0 fully saturated rings. The summed E-state index contributed by atoms with van der Waals surface area (Å²) in [5.74, 6) is 4.62. The Hall–Kier alpha value is -2.40. The lowest BCUT2D eigenvalue weighted by atomic mass is 10.1. The van der Waals surface area contributed by atoms with Gasteiger partial charge in [0.15, 0.2) is 0 Å². The van der Waals surface area contributed by atoms with Gasteiger partial charge in [0.2, 0.25) is 0 Å². The minimum atomic E-state index is -0.505. The first-order chi connectivity index (χ1) is 9.67. The van der Waals surface area contributed by atoms with Gasteiger partial charge in [-0.25, -0.2) is 9.78 Å². The molecule has 0 saturated carbocycles. The molecule has 1 heterocycles. The third-order valence-corrected chi connectivity index (χ3v) is 2.96. The molecule has 0 aliphatic carbocycles. The molecule has 0 atom stereocenters. The minimum absolute atomic E-state index is 0.277. The van der Waals surface area contributed by atoms with Crippen LogP contribution < -0.4 is 5.84 Å². The summed E-state index contributed by atoms with van der Waals surface area (Å²) in [5.41, 5.74) is 1.92. The summed E-state index contributed by atoms with van der Waals surface area (Å²) in [7, 11) is 1.31. The van der Waals surface area contributed by atoms with E-state index in [1.807, 2.05) is 30.3 Å². The predicted octanol–water partition coefficient (Wildman–Crippen LogP) is 2.48. The second kappa shape index (κ2) is 6.16. The normalized spacial score (nSPS) is 10.7. The van der Waals surface area contributed by atoms with Crippen LogP contribution in [0.3, 0.4) is 0 Å². The first kappa shape index (κ1) is 14.0. The van der Waals surface area contributed by atoms with Crippen molar-refractivity contribution in [2.45, 2.75) is 0 Å². The van der Waals surface area contributed by atoms with E-state index >= 15 is 0 Å². The van der Waals surface area contributed by atoms with Gasteiger partial charge in [-0.1, -0.05) is 41.9 Å². The maximum atomic E-state index is 11.8. The monoisotopic (exact) mass is 289 g/mol. The van der Waals surface area contributed by atoms with E-state index < -0.39 is 5.97 Å². The highest BCUT2D eigenvalue weighted by Gasteiger charge is 2.17. The Labute approximate surface area is 121 Å². The van der Waals surface area contributed by atoms with Crippen LogP contribution in [0.1, 0.15) is 16.1 Å². The fourth-order valence-electron chi connectivity index (χ4n) is 1.75. The van der Waals surface area contributed by atoms with Gasteiger partial charge in [-0.05, 0) is 6.07 Å². The maximum Gasteiger partial charge on any atom is 0.340 e. The topological polar surface area (TPSA) is 77.6 Å². The number of pyridine rings is 1. The van der Waals surface area contributed by atoms with Crippen molar-refractivity contribution in [3.05, 3.63) is 52.7 Å². The van der Waals surface area contributed by atoms with Crippen LogP contribution in [0.15, 0.2) is 41.5 Å². The van der Waals surface area contributed by atoms with E-state index in [0.29, 0.717) is 11.4 Å². The Balaban J connectivity index is 2.68. The lowest BCUT2D eigenvalue weighted by Gasteiger charge is -2.09. The van der Waals surface area contributed by atoms with Gasteiger partial charge in [0.25, 0.3) is 0 Å². The van der Waals surface area contributed by atoms with Crippen LogP contribution in [0.4, 0.5) is 0 Å². The van der Waals surface area contributed by atoms with Crippen molar-refractivity contribution in [2.24, 2.45) is 10.9 Å². The van der Waals surface area contributed by atoms with E-state index in [4.69, 9.17) is 22.2 Å². The zero-order valence-corrected chi connectivity index (χ0v) is 11.5. The number of halogens is 1. The van der Waals surface area contributed by atoms with Gasteiger partial charge in [-0.3, -0.25) is 0 Å². The predicted molar refractivity (Wildman–Crippen MR) is 77.8 cm³/mol. The van der Waals surface area contributed by atoms with Crippen LogP contribution in [-0.4, -0.2) is 24.3 Å². The van der Waals surface area contributed by atoms with E-state index in [0.717, 1.165) is 5.56 Å². The Bertz CT molecular complexity index is 657. The zero-order chi connectivity index (χ0) is 14.5. The number of ether oxygens (including phenoxy) is 1. The molecule has 0 radical (unpaired) electrons. The standard InChI is InChI=1S/C14H12ClN3O2/c1-20-14(19)10-7-11(15)12(8-17-16)18-13(10)9-5-3-2-4-6-9/h2-8H,16H2,1H3/b17-8-. The lowest BCUT2D eigenvalue weighted by molar-refractivity contribution is 0.0601. The molecule has 20 heavy (non-hydrogen) atoms. The third kappa shape index (κ3) is 2.78. The number of rotatable bonds is 3. The number of esters is 1. The van der Waals surface area contributed by atoms with Crippen LogP contribution in [0, 0.1) is 0 Å². The molecular formula is C14H12ClN3O2. The van der Waals surface area contributed by atoms with Crippen LogP contribution in [0.5, 0.6) is 0 Å². The Kier molecular flexibility index (Phi) is 4.32. The Morgan fingerprint density at radius 2 is 2.10 bits per heavy atom. The van der Waals surface area contributed by atoms with E-state index in [9.17, 15) is 4.79 Å². The maximum absolute atomic E-state index is 11.8. The number of nitrogens with zero attached hydrogens (tertiary/aromatic N) is 2. The summed E-state index contributed by atoms with van der Waals surface area (Å²) in [6.07, 6.45) is 1.33. The molecule has 0 amide bonds. The molecule has 1 aromatic carbocycles. The second-order valence-electron chi connectivity index (χ2n) is 3.89. The molecule has 0 saturated heterocycles. The van der Waals surface area contributed by atoms with Gasteiger partial charge < -0.3 is 10.6 Å². The molecule has 102 valence electrons. The summed E-state index contributed by atoms with van der Waals surface area (Å²) in [6, 6.07) is 10.8. The Morgan fingerprint density at radius 1 is 1.40 bits per heavy atom. The fraction of sp³-hybridized carbons (Fsp3) is 0.0714. The van der Waals surface area contributed by atoms with Crippen LogP contribution in [-0.2, 0) is 4.74 Å². The molecule has 0 unspecified atom stereocenters. The second-order valence-corrected chi connectivity index (χ2v) is 4.29. The summed E-state index contributed by atoms with van der Waals surface area (Å²) in [6.45, 7) is 0. The van der Waals surface area contributed by atoms with Crippen molar-refractivity contribution in [1.82, 2.24) is 4.98 Å².